The molecule has 0 radical (unpaired) electrons. The fraction of sp³-hybridized carbons (Fsp3) is 0.600. The van der Waals surface area contributed by atoms with E-state index in [1.54, 1.807) is 4.68 Å². The van der Waals surface area contributed by atoms with Gasteiger partial charge < -0.3 is 9.84 Å². The van der Waals surface area contributed by atoms with Gasteiger partial charge >= 0.3 is 5.97 Å². The summed E-state index contributed by atoms with van der Waals surface area (Å²) in [4.78, 5) is 11.1. The molecule has 1 saturated carbocycles. The smallest absolute Gasteiger partial charge is 0.333 e. The van der Waals surface area contributed by atoms with Gasteiger partial charge in [-0.3, -0.25) is 4.68 Å². The van der Waals surface area contributed by atoms with Crippen LogP contribution in [-0.2, 0) is 22.0 Å². The van der Waals surface area contributed by atoms with Crippen molar-refractivity contribution in [2.24, 2.45) is 7.05 Å². The molecule has 0 saturated heterocycles. The number of aliphatic carboxylic acids is 1. The number of hydrogen-bond donors (Lipinski definition) is 1. The Hall–Kier alpha value is -0.880. The molecule has 1 aliphatic rings. The standard InChI is InChI=1S/C10H13BrN2O3/c1-13-6(5-7(11)12-13)10(3-4-10)8(16-2)9(14)15/h5,8H,3-4H2,1-2H3,(H,14,15). The molecule has 1 unspecified atom stereocenters. The van der Waals surface area contributed by atoms with Gasteiger partial charge in [-0.05, 0) is 34.8 Å². The van der Waals surface area contributed by atoms with Crippen molar-refractivity contribution in [2.75, 3.05) is 7.11 Å². The average Bonchev–Trinajstić information content (AvgIpc) is 2.89. The minimum atomic E-state index is -0.919. The van der Waals surface area contributed by atoms with Crippen LogP contribution in [-0.4, -0.2) is 34.1 Å². The number of aryl methyl sites for hydroxylation is 1. The molecule has 5 nitrogen and oxygen atoms in total. The highest BCUT2D eigenvalue weighted by Gasteiger charge is 2.56. The fourth-order valence-electron chi connectivity index (χ4n) is 2.25. The maximum absolute atomic E-state index is 11.1. The molecule has 0 aromatic carbocycles. The Balaban J connectivity index is 2.39. The largest absolute Gasteiger partial charge is 0.479 e. The number of nitrogens with zero attached hydrogens (tertiary/aromatic N) is 2. The third-order valence-electron chi connectivity index (χ3n) is 3.11. The lowest BCUT2D eigenvalue weighted by atomic mass is 9.95. The van der Waals surface area contributed by atoms with E-state index in [2.05, 4.69) is 21.0 Å². The number of halogens is 1. The number of carboxylic acids is 1. The van der Waals surface area contributed by atoms with Crippen molar-refractivity contribution in [3.05, 3.63) is 16.4 Å². The molecular formula is C10H13BrN2O3. The average molecular weight is 289 g/mol. The number of rotatable bonds is 4. The van der Waals surface area contributed by atoms with Gasteiger partial charge in [-0.1, -0.05) is 0 Å². The molecule has 16 heavy (non-hydrogen) atoms. The first-order valence-electron chi connectivity index (χ1n) is 4.97. The van der Waals surface area contributed by atoms with Crippen molar-refractivity contribution in [1.29, 1.82) is 0 Å². The van der Waals surface area contributed by atoms with Crippen LogP contribution in [0.2, 0.25) is 0 Å². The molecule has 0 amide bonds. The second-order valence-electron chi connectivity index (χ2n) is 4.09. The minimum absolute atomic E-state index is 0.408. The van der Waals surface area contributed by atoms with Gasteiger partial charge in [-0.15, -0.1) is 0 Å². The quantitative estimate of drug-likeness (QED) is 0.907. The molecule has 1 aromatic rings. The van der Waals surface area contributed by atoms with Crippen LogP contribution >= 0.6 is 15.9 Å². The third-order valence-corrected chi connectivity index (χ3v) is 3.50. The van der Waals surface area contributed by atoms with E-state index in [9.17, 15) is 4.79 Å². The zero-order valence-corrected chi connectivity index (χ0v) is 10.7. The molecule has 1 heterocycles. The van der Waals surface area contributed by atoms with Crippen molar-refractivity contribution in [3.63, 3.8) is 0 Å². The van der Waals surface area contributed by atoms with Crippen LogP contribution in [0.5, 0.6) is 0 Å². The van der Waals surface area contributed by atoms with E-state index >= 15 is 0 Å². The van der Waals surface area contributed by atoms with Crippen LogP contribution in [0.25, 0.3) is 0 Å². The maximum atomic E-state index is 11.1. The van der Waals surface area contributed by atoms with Gasteiger partial charge in [0.25, 0.3) is 0 Å². The van der Waals surface area contributed by atoms with Gasteiger partial charge in [-0.25, -0.2) is 4.79 Å². The van der Waals surface area contributed by atoms with Crippen molar-refractivity contribution < 1.29 is 14.6 Å². The first-order valence-corrected chi connectivity index (χ1v) is 5.76. The van der Waals surface area contributed by atoms with Crippen LogP contribution in [0.1, 0.15) is 18.5 Å². The zero-order valence-electron chi connectivity index (χ0n) is 9.11. The van der Waals surface area contributed by atoms with Gasteiger partial charge in [0.15, 0.2) is 6.10 Å². The second kappa shape index (κ2) is 3.85. The van der Waals surface area contributed by atoms with E-state index in [1.807, 2.05) is 13.1 Å². The summed E-state index contributed by atoms with van der Waals surface area (Å²) >= 11 is 3.29. The van der Waals surface area contributed by atoms with Crippen LogP contribution in [0.15, 0.2) is 10.7 Å². The molecule has 1 aromatic heterocycles. The Kier molecular flexibility index (Phi) is 2.79. The second-order valence-corrected chi connectivity index (χ2v) is 4.90. The lowest BCUT2D eigenvalue weighted by molar-refractivity contribution is -0.150. The van der Waals surface area contributed by atoms with E-state index in [0.717, 1.165) is 23.1 Å². The summed E-state index contributed by atoms with van der Waals surface area (Å²) in [6, 6.07) is 1.86. The number of ether oxygens (including phenoxy) is 1. The summed E-state index contributed by atoms with van der Waals surface area (Å²) in [5.41, 5.74) is 0.502. The van der Waals surface area contributed by atoms with E-state index in [4.69, 9.17) is 9.84 Å². The SMILES string of the molecule is COC(C(=O)O)C1(c2cc(Br)nn2C)CC1. The molecule has 1 N–H and O–H groups in total. The molecule has 1 aliphatic carbocycles. The van der Waals surface area contributed by atoms with Gasteiger partial charge in [0.2, 0.25) is 0 Å². The number of aromatic nitrogens is 2. The van der Waals surface area contributed by atoms with Crippen LogP contribution < -0.4 is 0 Å². The molecule has 2 rings (SSSR count). The third kappa shape index (κ3) is 1.66. The topological polar surface area (TPSA) is 64.3 Å². The summed E-state index contributed by atoms with van der Waals surface area (Å²) in [6.07, 6.45) is 0.850. The van der Waals surface area contributed by atoms with Crippen molar-refractivity contribution in [1.82, 2.24) is 9.78 Å². The number of methoxy groups -OCH3 is 1. The molecular weight excluding hydrogens is 276 g/mol. The molecule has 0 bridgehead atoms. The van der Waals surface area contributed by atoms with Gasteiger partial charge in [0.1, 0.15) is 4.60 Å². The van der Waals surface area contributed by atoms with E-state index in [0.29, 0.717) is 0 Å². The van der Waals surface area contributed by atoms with Gasteiger partial charge in [-0.2, -0.15) is 5.10 Å². The first kappa shape index (κ1) is 11.6. The van der Waals surface area contributed by atoms with E-state index in [1.165, 1.54) is 7.11 Å². The highest BCUT2D eigenvalue weighted by Crippen LogP contribution is 2.52. The van der Waals surface area contributed by atoms with Gasteiger partial charge in [0.05, 0.1) is 0 Å². The van der Waals surface area contributed by atoms with Gasteiger partial charge in [0, 0.05) is 25.3 Å². The molecule has 6 heteroatoms. The molecule has 88 valence electrons. The lowest BCUT2D eigenvalue weighted by Gasteiger charge is -2.22. The Morgan fingerprint density at radius 3 is 2.69 bits per heavy atom. The Morgan fingerprint density at radius 1 is 1.75 bits per heavy atom. The molecule has 0 aliphatic heterocycles. The first-order chi connectivity index (χ1) is 7.51. The maximum Gasteiger partial charge on any atom is 0.333 e. The van der Waals surface area contributed by atoms with Crippen LogP contribution in [0.4, 0.5) is 0 Å². The predicted molar refractivity (Wildman–Crippen MR) is 60.3 cm³/mol. The Labute approximate surface area is 102 Å². The van der Waals surface area contributed by atoms with Crippen molar-refractivity contribution in [2.45, 2.75) is 24.4 Å². The summed E-state index contributed by atoms with van der Waals surface area (Å²) in [6.45, 7) is 0. The zero-order chi connectivity index (χ0) is 11.9. The number of hydrogen-bond acceptors (Lipinski definition) is 3. The predicted octanol–water partition coefficient (Wildman–Crippen LogP) is 1.31. The molecule has 1 atom stereocenters. The minimum Gasteiger partial charge on any atom is -0.479 e. The number of carboxylic acid groups (broad SMARTS) is 1. The van der Waals surface area contributed by atoms with E-state index in [-0.39, 0.29) is 0 Å². The summed E-state index contributed by atoms with van der Waals surface area (Å²) in [5, 5.41) is 13.3. The van der Waals surface area contributed by atoms with Crippen LogP contribution in [0, 0.1) is 0 Å². The highest BCUT2D eigenvalue weighted by atomic mass is 79.9. The Morgan fingerprint density at radius 2 is 2.38 bits per heavy atom. The normalized spacial score (nSPS) is 19.4. The summed E-state index contributed by atoms with van der Waals surface area (Å²) in [5.74, 6) is -0.919. The fourth-order valence-corrected chi connectivity index (χ4v) is 2.70. The summed E-state index contributed by atoms with van der Waals surface area (Å²) in [7, 11) is 3.25. The van der Waals surface area contributed by atoms with Crippen molar-refractivity contribution >= 4 is 21.9 Å². The summed E-state index contributed by atoms with van der Waals surface area (Å²) < 4.78 is 7.54. The van der Waals surface area contributed by atoms with E-state index < -0.39 is 17.5 Å². The lowest BCUT2D eigenvalue weighted by Crippen LogP contribution is -2.37. The highest BCUT2D eigenvalue weighted by molar-refractivity contribution is 9.10. The Bertz CT molecular complexity index is 426. The molecule has 0 spiro atoms. The number of carbonyl (C=O) groups is 1. The molecule has 1 fully saturated rings. The van der Waals surface area contributed by atoms with Crippen molar-refractivity contribution in [3.8, 4) is 0 Å². The monoisotopic (exact) mass is 288 g/mol. The van der Waals surface area contributed by atoms with Crippen LogP contribution in [0.3, 0.4) is 0 Å².